The molecule has 0 aliphatic heterocycles. The molecule has 2 rings (SSSR count). The summed E-state index contributed by atoms with van der Waals surface area (Å²) in [4.78, 5) is 11.8. The van der Waals surface area contributed by atoms with Gasteiger partial charge in [0.05, 0.1) is 18.0 Å². The lowest BCUT2D eigenvalue weighted by Gasteiger charge is -2.14. The van der Waals surface area contributed by atoms with Gasteiger partial charge in [0.25, 0.3) is 0 Å². The highest BCUT2D eigenvalue weighted by Gasteiger charge is 2.29. The first-order valence-electron chi connectivity index (χ1n) is 6.86. The predicted octanol–water partition coefficient (Wildman–Crippen LogP) is 2.44. The molecule has 0 aliphatic rings. The van der Waals surface area contributed by atoms with Crippen LogP contribution in [-0.4, -0.2) is 45.8 Å². The van der Waals surface area contributed by atoms with Crippen LogP contribution in [0.2, 0.25) is 0 Å². The van der Waals surface area contributed by atoms with Crippen LogP contribution in [0.1, 0.15) is 6.92 Å². The van der Waals surface area contributed by atoms with E-state index in [1.807, 2.05) is 5.32 Å². The number of aromatic nitrogens is 3. The molecule has 24 heavy (non-hydrogen) atoms. The molecule has 2 aromatic rings. The van der Waals surface area contributed by atoms with Crippen LogP contribution in [-0.2, 0) is 4.79 Å². The number of thioether (sulfide) groups is 1. The second-order valence-electron chi connectivity index (χ2n) is 4.75. The smallest absolute Gasteiger partial charge is 0.405 e. The zero-order chi connectivity index (χ0) is 17.7. The highest BCUT2D eigenvalue weighted by molar-refractivity contribution is 8.00. The number of methoxy groups -OCH3 is 1. The van der Waals surface area contributed by atoms with Crippen LogP contribution in [0, 0.1) is 0 Å². The van der Waals surface area contributed by atoms with Gasteiger partial charge in [-0.2, -0.15) is 13.2 Å². The second-order valence-corrected chi connectivity index (χ2v) is 6.06. The Balaban J connectivity index is 2.12. The molecule has 1 N–H and O–H groups in total. The Labute approximate surface area is 140 Å². The number of alkyl halides is 3. The summed E-state index contributed by atoms with van der Waals surface area (Å²) >= 11 is 1.00. The average Bonchev–Trinajstić information content (AvgIpc) is 2.99. The molecule has 1 atom stereocenters. The quantitative estimate of drug-likeness (QED) is 0.802. The van der Waals surface area contributed by atoms with Gasteiger partial charge in [-0.25, -0.2) is 0 Å². The Kier molecular flexibility index (Phi) is 5.71. The first-order chi connectivity index (χ1) is 11.3. The van der Waals surface area contributed by atoms with Crippen LogP contribution in [0.15, 0.2) is 35.7 Å². The van der Waals surface area contributed by atoms with E-state index in [1.54, 1.807) is 28.8 Å². The minimum atomic E-state index is -4.45. The van der Waals surface area contributed by atoms with Crippen molar-refractivity contribution in [3.63, 3.8) is 0 Å². The van der Waals surface area contributed by atoms with Gasteiger partial charge in [-0.3, -0.25) is 9.36 Å². The van der Waals surface area contributed by atoms with Gasteiger partial charge in [-0.1, -0.05) is 23.9 Å². The van der Waals surface area contributed by atoms with Crippen molar-refractivity contribution >= 4 is 17.7 Å². The maximum atomic E-state index is 12.2. The van der Waals surface area contributed by atoms with E-state index in [1.165, 1.54) is 20.4 Å². The lowest BCUT2D eigenvalue weighted by molar-refractivity contribution is -0.137. The standard InChI is InChI=1S/C14H15F3N4O2S/c1-9(12(22)18-7-14(15,16)17)24-13-20-19-8-21(13)10-5-3-4-6-11(10)23-2/h3-6,8-9H,7H2,1-2H3,(H,18,22). The van der Waals surface area contributed by atoms with Gasteiger partial charge in [-0.15, -0.1) is 10.2 Å². The average molecular weight is 360 g/mol. The third kappa shape index (κ3) is 4.63. The number of carbonyl (C=O) groups excluding carboxylic acids is 1. The molecule has 1 unspecified atom stereocenters. The third-order valence-corrected chi connectivity index (χ3v) is 4.03. The SMILES string of the molecule is COc1ccccc1-n1cnnc1SC(C)C(=O)NCC(F)(F)F. The topological polar surface area (TPSA) is 69.0 Å². The summed E-state index contributed by atoms with van der Waals surface area (Å²) in [5, 5.41) is 9.16. The molecule has 0 bridgehead atoms. The Bertz CT molecular complexity index is 705. The maximum absolute atomic E-state index is 12.2. The number of ether oxygens (including phenoxy) is 1. The van der Waals surface area contributed by atoms with Crippen molar-refractivity contribution < 1.29 is 22.7 Å². The molecule has 1 amide bonds. The number of halogens is 3. The molecule has 0 aliphatic carbocycles. The van der Waals surface area contributed by atoms with Crippen LogP contribution < -0.4 is 10.1 Å². The van der Waals surface area contributed by atoms with E-state index < -0.39 is 23.9 Å². The Hall–Kier alpha value is -2.23. The maximum Gasteiger partial charge on any atom is 0.405 e. The first kappa shape index (κ1) is 18.1. The molecule has 130 valence electrons. The molecule has 0 saturated heterocycles. The van der Waals surface area contributed by atoms with Crippen LogP contribution in [0.3, 0.4) is 0 Å². The van der Waals surface area contributed by atoms with Crippen molar-refractivity contribution in [2.75, 3.05) is 13.7 Å². The largest absolute Gasteiger partial charge is 0.495 e. The summed E-state index contributed by atoms with van der Waals surface area (Å²) in [6.07, 6.45) is -3.00. The number of hydrogen-bond acceptors (Lipinski definition) is 5. The predicted molar refractivity (Wildman–Crippen MR) is 82.3 cm³/mol. The molecule has 6 nitrogen and oxygen atoms in total. The van der Waals surface area contributed by atoms with E-state index in [2.05, 4.69) is 10.2 Å². The Morgan fingerprint density at radius 1 is 1.42 bits per heavy atom. The van der Waals surface area contributed by atoms with Crippen molar-refractivity contribution in [1.82, 2.24) is 20.1 Å². The molecule has 0 spiro atoms. The van der Waals surface area contributed by atoms with Crippen LogP contribution in [0.5, 0.6) is 5.75 Å². The van der Waals surface area contributed by atoms with Gasteiger partial charge >= 0.3 is 6.18 Å². The molecule has 10 heteroatoms. The second kappa shape index (κ2) is 7.56. The molecular weight excluding hydrogens is 345 g/mol. The van der Waals surface area contributed by atoms with Crippen molar-refractivity contribution in [3.8, 4) is 11.4 Å². The summed E-state index contributed by atoms with van der Waals surface area (Å²) in [5.41, 5.74) is 0.662. The summed E-state index contributed by atoms with van der Waals surface area (Å²) < 4.78 is 43.4. The number of benzene rings is 1. The van der Waals surface area contributed by atoms with E-state index in [0.29, 0.717) is 16.6 Å². The van der Waals surface area contributed by atoms with Crippen LogP contribution in [0.4, 0.5) is 13.2 Å². The Morgan fingerprint density at radius 2 is 2.12 bits per heavy atom. The van der Waals surface area contributed by atoms with Gasteiger partial charge in [0.2, 0.25) is 5.91 Å². The fraction of sp³-hybridized carbons (Fsp3) is 0.357. The number of nitrogens with one attached hydrogen (secondary N) is 1. The minimum Gasteiger partial charge on any atom is -0.495 e. The molecular formula is C14H15F3N4O2S. The van der Waals surface area contributed by atoms with E-state index >= 15 is 0 Å². The summed E-state index contributed by atoms with van der Waals surface area (Å²) in [6, 6.07) is 7.13. The van der Waals surface area contributed by atoms with Crippen molar-refractivity contribution in [1.29, 1.82) is 0 Å². The summed E-state index contributed by atoms with van der Waals surface area (Å²) in [7, 11) is 1.52. The number of rotatable bonds is 6. The minimum absolute atomic E-state index is 0.370. The zero-order valence-corrected chi connectivity index (χ0v) is 13.7. The van der Waals surface area contributed by atoms with Crippen LogP contribution >= 0.6 is 11.8 Å². The number of nitrogens with zero attached hydrogens (tertiary/aromatic N) is 3. The molecule has 1 aromatic carbocycles. The number of amides is 1. The van der Waals surface area contributed by atoms with Crippen molar-refractivity contribution in [3.05, 3.63) is 30.6 Å². The molecule has 1 heterocycles. The van der Waals surface area contributed by atoms with Gasteiger partial charge in [0.1, 0.15) is 18.6 Å². The lowest BCUT2D eigenvalue weighted by atomic mass is 10.3. The first-order valence-corrected chi connectivity index (χ1v) is 7.74. The monoisotopic (exact) mass is 360 g/mol. The van der Waals surface area contributed by atoms with E-state index in [9.17, 15) is 18.0 Å². The van der Waals surface area contributed by atoms with Gasteiger partial charge in [0, 0.05) is 0 Å². The normalized spacial score (nSPS) is 12.7. The molecule has 0 radical (unpaired) electrons. The highest BCUT2D eigenvalue weighted by Crippen LogP contribution is 2.28. The third-order valence-electron chi connectivity index (χ3n) is 2.98. The Morgan fingerprint density at radius 3 is 2.79 bits per heavy atom. The lowest BCUT2D eigenvalue weighted by Crippen LogP contribution is -2.38. The van der Waals surface area contributed by atoms with Gasteiger partial charge in [-0.05, 0) is 19.1 Å². The highest BCUT2D eigenvalue weighted by atomic mass is 32.2. The fourth-order valence-corrected chi connectivity index (χ4v) is 2.70. The van der Waals surface area contributed by atoms with E-state index in [0.717, 1.165) is 11.8 Å². The summed E-state index contributed by atoms with van der Waals surface area (Å²) in [5.74, 6) is -0.153. The summed E-state index contributed by atoms with van der Waals surface area (Å²) in [6.45, 7) is 0.132. The van der Waals surface area contributed by atoms with Crippen LogP contribution in [0.25, 0.3) is 5.69 Å². The molecule has 0 fully saturated rings. The number of para-hydroxylation sites is 2. The van der Waals surface area contributed by atoms with E-state index in [-0.39, 0.29) is 0 Å². The van der Waals surface area contributed by atoms with Gasteiger partial charge in [0.15, 0.2) is 5.16 Å². The molecule has 1 aromatic heterocycles. The molecule has 0 saturated carbocycles. The zero-order valence-electron chi connectivity index (χ0n) is 12.9. The van der Waals surface area contributed by atoms with Gasteiger partial charge < -0.3 is 10.1 Å². The van der Waals surface area contributed by atoms with E-state index in [4.69, 9.17) is 4.74 Å². The fourth-order valence-electron chi connectivity index (χ4n) is 1.84. The number of hydrogen-bond donors (Lipinski definition) is 1. The van der Waals surface area contributed by atoms with Crippen molar-refractivity contribution in [2.45, 2.75) is 23.5 Å². The van der Waals surface area contributed by atoms with Crippen molar-refractivity contribution in [2.24, 2.45) is 0 Å². The number of carbonyl (C=O) groups is 1.